The summed E-state index contributed by atoms with van der Waals surface area (Å²) >= 11 is 5.79. The summed E-state index contributed by atoms with van der Waals surface area (Å²) in [4.78, 5) is 0. The van der Waals surface area contributed by atoms with Crippen molar-refractivity contribution in [2.24, 2.45) is 0 Å². The second kappa shape index (κ2) is 6.05. The molecule has 1 saturated heterocycles. The van der Waals surface area contributed by atoms with Crippen molar-refractivity contribution in [3.8, 4) is 0 Å². The number of hydrogen-bond acceptors (Lipinski definition) is 3. The highest BCUT2D eigenvalue weighted by Crippen LogP contribution is 2.14. The Hall–Kier alpha value is -0.880. The molecule has 1 fully saturated rings. The van der Waals surface area contributed by atoms with E-state index in [9.17, 15) is 8.42 Å². The van der Waals surface area contributed by atoms with E-state index in [1.54, 1.807) is 30.3 Å². The summed E-state index contributed by atoms with van der Waals surface area (Å²) in [5.41, 5.74) is 0.816. The quantitative estimate of drug-likeness (QED) is 0.928. The van der Waals surface area contributed by atoms with E-state index in [0.29, 0.717) is 24.7 Å². The van der Waals surface area contributed by atoms with Gasteiger partial charge in [-0.15, -0.1) is 0 Å². The number of sulfonamides is 1. The lowest BCUT2D eigenvalue weighted by atomic mass is 10.2. The lowest BCUT2D eigenvalue weighted by Crippen LogP contribution is -2.51. The van der Waals surface area contributed by atoms with Gasteiger partial charge in [0.15, 0.2) is 0 Å². The molecule has 1 aliphatic heterocycles. The van der Waals surface area contributed by atoms with E-state index in [4.69, 9.17) is 11.6 Å². The molecule has 1 aromatic carbocycles. The second-order valence-electron chi connectivity index (χ2n) is 4.56. The molecule has 1 N–H and O–H groups in total. The second-order valence-corrected chi connectivity index (χ2v) is 6.77. The first-order chi connectivity index (χ1) is 8.99. The number of nitrogens with one attached hydrogen (secondary N) is 1. The van der Waals surface area contributed by atoms with Crippen LogP contribution in [-0.4, -0.2) is 38.4 Å². The molecule has 6 heteroatoms. The predicted molar refractivity (Wildman–Crippen MR) is 78.4 cm³/mol. The fourth-order valence-electron chi connectivity index (χ4n) is 2.02. The van der Waals surface area contributed by atoms with E-state index < -0.39 is 10.0 Å². The maximum atomic E-state index is 12.2. The van der Waals surface area contributed by atoms with Crippen LogP contribution in [0.5, 0.6) is 0 Å². The van der Waals surface area contributed by atoms with Crippen molar-refractivity contribution < 1.29 is 8.42 Å². The summed E-state index contributed by atoms with van der Waals surface area (Å²) in [5.74, 6) is 0. The molecule has 1 aliphatic rings. The minimum atomic E-state index is -3.36. The summed E-state index contributed by atoms with van der Waals surface area (Å²) in [6, 6.07) is 7.03. The minimum absolute atomic E-state index is 0.0198. The van der Waals surface area contributed by atoms with Crippen LogP contribution in [0.4, 0.5) is 0 Å². The van der Waals surface area contributed by atoms with Gasteiger partial charge in [0, 0.05) is 36.1 Å². The first kappa shape index (κ1) is 14.5. The van der Waals surface area contributed by atoms with Gasteiger partial charge >= 0.3 is 0 Å². The summed E-state index contributed by atoms with van der Waals surface area (Å²) in [6.07, 6.45) is 1.60. The van der Waals surface area contributed by atoms with Crippen molar-refractivity contribution in [2.75, 3.05) is 19.6 Å². The molecule has 104 valence electrons. The summed E-state index contributed by atoms with van der Waals surface area (Å²) < 4.78 is 26.0. The molecule has 2 rings (SSSR count). The van der Waals surface area contributed by atoms with E-state index in [1.807, 2.05) is 6.92 Å². The number of piperazine rings is 1. The maximum absolute atomic E-state index is 12.2. The van der Waals surface area contributed by atoms with Crippen LogP contribution in [0, 0.1) is 0 Å². The van der Waals surface area contributed by atoms with Crippen molar-refractivity contribution in [3.63, 3.8) is 0 Å². The van der Waals surface area contributed by atoms with E-state index >= 15 is 0 Å². The largest absolute Gasteiger partial charge is 0.314 e. The number of nitrogens with zero attached hydrogens (tertiary/aromatic N) is 1. The molecule has 19 heavy (non-hydrogen) atoms. The van der Waals surface area contributed by atoms with Crippen LogP contribution in [0.2, 0.25) is 5.02 Å². The zero-order valence-electron chi connectivity index (χ0n) is 10.7. The molecule has 0 aliphatic carbocycles. The molecule has 0 spiro atoms. The zero-order chi connectivity index (χ0) is 13.9. The molecule has 0 amide bonds. The van der Waals surface area contributed by atoms with Gasteiger partial charge in [-0.05, 0) is 30.7 Å². The Balaban J connectivity index is 2.14. The fourth-order valence-corrected chi connectivity index (χ4v) is 3.55. The SMILES string of the molecule is C[C@H]1CNCCN1S(=O)(=O)/C=C/c1ccc(Cl)cc1. The van der Waals surface area contributed by atoms with E-state index in [1.165, 1.54) is 9.71 Å². The van der Waals surface area contributed by atoms with Crippen LogP contribution in [0.3, 0.4) is 0 Å². The molecule has 0 unspecified atom stereocenters. The van der Waals surface area contributed by atoms with Crippen LogP contribution in [0.25, 0.3) is 6.08 Å². The third-order valence-electron chi connectivity index (χ3n) is 3.07. The van der Waals surface area contributed by atoms with Gasteiger partial charge < -0.3 is 5.32 Å². The Morgan fingerprint density at radius 2 is 2.05 bits per heavy atom. The molecule has 0 radical (unpaired) electrons. The van der Waals surface area contributed by atoms with E-state index in [2.05, 4.69) is 5.32 Å². The highest BCUT2D eigenvalue weighted by atomic mass is 35.5. The highest BCUT2D eigenvalue weighted by molar-refractivity contribution is 7.92. The molecule has 1 atom stereocenters. The van der Waals surface area contributed by atoms with Gasteiger partial charge in [-0.1, -0.05) is 23.7 Å². The normalized spacial score (nSPS) is 21.9. The highest BCUT2D eigenvalue weighted by Gasteiger charge is 2.27. The Morgan fingerprint density at radius 3 is 2.68 bits per heavy atom. The first-order valence-corrected chi connectivity index (χ1v) is 8.03. The van der Waals surface area contributed by atoms with Gasteiger partial charge in [0.05, 0.1) is 0 Å². The molecule has 0 bridgehead atoms. The number of halogens is 1. The van der Waals surface area contributed by atoms with Gasteiger partial charge in [0.25, 0.3) is 0 Å². The first-order valence-electron chi connectivity index (χ1n) is 6.15. The Labute approximate surface area is 119 Å². The molecule has 4 nitrogen and oxygen atoms in total. The van der Waals surface area contributed by atoms with Crippen LogP contribution in [0.15, 0.2) is 29.7 Å². The molecular formula is C13H17ClN2O2S. The lowest BCUT2D eigenvalue weighted by molar-refractivity contribution is 0.287. The number of rotatable bonds is 3. The summed E-state index contributed by atoms with van der Waals surface area (Å²) in [5, 5.41) is 5.07. The minimum Gasteiger partial charge on any atom is -0.314 e. The van der Waals surface area contributed by atoms with Crippen molar-refractivity contribution in [3.05, 3.63) is 40.3 Å². The maximum Gasteiger partial charge on any atom is 0.236 e. The lowest BCUT2D eigenvalue weighted by Gasteiger charge is -2.31. The number of benzene rings is 1. The van der Waals surface area contributed by atoms with Crippen LogP contribution in [-0.2, 0) is 10.0 Å². The monoisotopic (exact) mass is 300 g/mol. The van der Waals surface area contributed by atoms with Crippen LogP contribution < -0.4 is 5.32 Å². The Bertz CT molecular complexity index is 555. The molecular weight excluding hydrogens is 284 g/mol. The van der Waals surface area contributed by atoms with Crippen LogP contribution in [0.1, 0.15) is 12.5 Å². The predicted octanol–water partition coefficient (Wildman–Crippen LogP) is 1.93. The van der Waals surface area contributed by atoms with Crippen molar-refractivity contribution in [1.29, 1.82) is 0 Å². The number of hydrogen-bond donors (Lipinski definition) is 1. The van der Waals surface area contributed by atoms with Crippen molar-refractivity contribution >= 4 is 27.7 Å². The molecule has 0 saturated carbocycles. The summed E-state index contributed by atoms with van der Waals surface area (Å²) in [6.45, 7) is 3.79. The van der Waals surface area contributed by atoms with Gasteiger partial charge in [-0.25, -0.2) is 8.42 Å². The molecule has 1 heterocycles. The molecule has 0 aromatic heterocycles. The topological polar surface area (TPSA) is 49.4 Å². The third-order valence-corrected chi connectivity index (χ3v) is 5.00. The Morgan fingerprint density at radius 1 is 1.37 bits per heavy atom. The van der Waals surface area contributed by atoms with E-state index in [0.717, 1.165) is 5.56 Å². The fraction of sp³-hybridized carbons (Fsp3) is 0.385. The standard InChI is InChI=1S/C13H17ClN2O2S/c1-11-10-15-7-8-16(11)19(17,18)9-6-12-2-4-13(14)5-3-12/h2-6,9,11,15H,7-8,10H2,1H3/b9-6+/t11-/m0/s1. The molecule has 1 aromatic rings. The average molecular weight is 301 g/mol. The Kier molecular flexibility index (Phi) is 4.62. The van der Waals surface area contributed by atoms with Crippen molar-refractivity contribution in [2.45, 2.75) is 13.0 Å². The zero-order valence-corrected chi connectivity index (χ0v) is 12.3. The smallest absolute Gasteiger partial charge is 0.236 e. The van der Waals surface area contributed by atoms with E-state index in [-0.39, 0.29) is 6.04 Å². The average Bonchev–Trinajstić information content (AvgIpc) is 2.38. The van der Waals surface area contributed by atoms with Gasteiger partial charge in [0.1, 0.15) is 0 Å². The van der Waals surface area contributed by atoms with Gasteiger partial charge in [-0.2, -0.15) is 4.31 Å². The third kappa shape index (κ3) is 3.79. The van der Waals surface area contributed by atoms with Crippen LogP contribution >= 0.6 is 11.6 Å². The summed E-state index contributed by atoms with van der Waals surface area (Å²) in [7, 11) is -3.36. The van der Waals surface area contributed by atoms with Gasteiger partial charge in [0.2, 0.25) is 10.0 Å². The van der Waals surface area contributed by atoms with Gasteiger partial charge in [-0.3, -0.25) is 0 Å². The van der Waals surface area contributed by atoms with Crippen molar-refractivity contribution in [1.82, 2.24) is 9.62 Å².